The van der Waals surface area contributed by atoms with Crippen molar-refractivity contribution in [3.05, 3.63) is 82.4 Å². The highest BCUT2D eigenvalue weighted by molar-refractivity contribution is 6.30. The number of fused-ring (bicyclic) bond motifs is 1. The average molecular weight is 582 g/mol. The van der Waals surface area contributed by atoms with Crippen LogP contribution in [0, 0.1) is 12.5 Å². The topological polar surface area (TPSA) is 85.8 Å². The van der Waals surface area contributed by atoms with Crippen LogP contribution < -0.4 is 5.73 Å². The highest BCUT2D eigenvalue weighted by Gasteiger charge is 2.32. The Morgan fingerprint density at radius 3 is 2.71 bits per heavy atom. The monoisotopic (exact) mass is 581 g/mol. The number of anilines is 1. The maximum absolute atomic E-state index is 13.2. The standard InChI is InChI=1S/C30H27ClF3N5O2/c1-3-41-17-25(40)38-13-5-7-22(16-38)29-37-26(27-28(35)36-15-24(31)39(27)29)20-11-9-19(10-12-20)18(2)21-6-4-8-23(14-21)30(32,33)34/h1,4,6,8-12,14-15,18,22H,5,7,13,16-17H2,2H3,(H2,35,36)/t18-,22+/m0/s1. The molecule has 212 valence electrons. The van der Waals surface area contributed by atoms with Gasteiger partial charge in [0.1, 0.15) is 34.1 Å². The number of halogens is 4. The lowest BCUT2D eigenvalue weighted by molar-refractivity contribution is -0.137. The summed E-state index contributed by atoms with van der Waals surface area (Å²) in [6.45, 7) is 2.67. The van der Waals surface area contributed by atoms with E-state index in [2.05, 4.69) is 4.98 Å². The van der Waals surface area contributed by atoms with Gasteiger partial charge >= 0.3 is 6.18 Å². The molecule has 3 heterocycles. The first kappa shape index (κ1) is 28.3. The summed E-state index contributed by atoms with van der Waals surface area (Å²) in [4.78, 5) is 23.5. The number of ether oxygens (including phenoxy) is 1. The quantitative estimate of drug-likeness (QED) is 0.278. The first-order valence-corrected chi connectivity index (χ1v) is 13.4. The Morgan fingerprint density at radius 1 is 1.24 bits per heavy atom. The van der Waals surface area contributed by atoms with Crippen LogP contribution in [0.4, 0.5) is 19.0 Å². The van der Waals surface area contributed by atoms with Crippen LogP contribution in [0.3, 0.4) is 0 Å². The van der Waals surface area contributed by atoms with E-state index in [0.29, 0.717) is 40.8 Å². The molecule has 1 aliphatic rings. The minimum atomic E-state index is -4.41. The van der Waals surface area contributed by atoms with Gasteiger partial charge in [-0.1, -0.05) is 67.4 Å². The molecule has 0 unspecified atom stereocenters. The zero-order valence-electron chi connectivity index (χ0n) is 22.2. The Morgan fingerprint density at radius 2 is 2.00 bits per heavy atom. The van der Waals surface area contributed by atoms with Crippen LogP contribution in [0.25, 0.3) is 16.8 Å². The molecule has 2 atom stereocenters. The molecular formula is C30H27ClF3N5O2. The number of carbonyl (C=O) groups excluding carboxylic acids is 1. The second kappa shape index (κ2) is 11.3. The summed E-state index contributed by atoms with van der Waals surface area (Å²) in [7, 11) is 0. The van der Waals surface area contributed by atoms with Crippen LogP contribution in [-0.4, -0.2) is 44.9 Å². The van der Waals surface area contributed by atoms with Gasteiger partial charge < -0.3 is 15.4 Å². The zero-order valence-corrected chi connectivity index (χ0v) is 22.9. The van der Waals surface area contributed by atoms with Crippen LogP contribution in [0.5, 0.6) is 0 Å². The van der Waals surface area contributed by atoms with Crippen molar-refractivity contribution < 1.29 is 22.7 Å². The number of rotatable bonds is 6. The lowest BCUT2D eigenvalue weighted by atomic mass is 9.91. The molecule has 0 spiro atoms. The number of terminal acetylenes is 1. The summed E-state index contributed by atoms with van der Waals surface area (Å²) in [5.74, 6) is 0.304. The highest BCUT2D eigenvalue weighted by Crippen LogP contribution is 2.37. The molecule has 41 heavy (non-hydrogen) atoms. The molecule has 2 aromatic heterocycles. The Bertz CT molecular complexity index is 1630. The van der Waals surface area contributed by atoms with E-state index in [4.69, 9.17) is 33.5 Å². The molecule has 1 saturated heterocycles. The molecule has 11 heteroatoms. The summed E-state index contributed by atoms with van der Waals surface area (Å²) < 4.78 is 46.4. The van der Waals surface area contributed by atoms with E-state index >= 15 is 0 Å². The van der Waals surface area contributed by atoms with Gasteiger partial charge in [0, 0.05) is 30.5 Å². The number of hydrogen-bond donors (Lipinski definition) is 1. The van der Waals surface area contributed by atoms with E-state index in [9.17, 15) is 18.0 Å². The molecule has 1 fully saturated rings. The third kappa shape index (κ3) is 5.68. The van der Waals surface area contributed by atoms with E-state index in [1.165, 1.54) is 18.3 Å². The Balaban J connectivity index is 1.49. The van der Waals surface area contributed by atoms with Crippen molar-refractivity contribution in [2.75, 3.05) is 25.4 Å². The molecule has 5 rings (SSSR count). The zero-order chi connectivity index (χ0) is 29.3. The van der Waals surface area contributed by atoms with E-state index in [0.717, 1.165) is 30.0 Å². The van der Waals surface area contributed by atoms with Crippen molar-refractivity contribution in [2.45, 2.75) is 37.8 Å². The summed E-state index contributed by atoms with van der Waals surface area (Å²) >= 11 is 6.60. The van der Waals surface area contributed by atoms with Gasteiger partial charge in [0.15, 0.2) is 6.61 Å². The number of piperidine rings is 1. The molecule has 7 nitrogen and oxygen atoms in total. The lowest BCUT2D eigenvalue weighted by Gasteiger charge is -2.32. The maximum atomic E-state index is 13.2. The Hall–Kier alpha value is -4.23. The normalized spacial score (nSPS) is 16.4. The second-order valence-electron chi connectivity index (χ2n) is 10.0. The van der Waals surface area contributed by atoms with Gasteiger partial charge in [-0.15, -0.1) is 0 Å². The van der Waals surface area contributed by atoms with E-state index in [-0.39, 0.29) is 30.2 Å². The van der Waals surface area contributed by atoms with E-state index in [1.54, 1.807) is 15.4 Å². The Labute approximate surface area is 240 Å². The van der Waals surface area contributed by atoms with Crippen LogP contribution >= 0.6 is 11.6 Å². The number of nitrogens with two attached hydrogens (primary N) is 1. The highest BCUT2D eigenvalue weighted by atomic mass is 35.5. The summed E-state index contributed by atoms with van der Waals surface area (Å²) in [5, 5.41) is 0.330. The van der Waals surface area contributed by atoms with Crippen molar-refractivity contribution in [1.29, 1.82) is 0 Å². The molecule has 2 aromatic carbocycles. The molecule has 0 saturated carbocycles. The predicted molar refractivity (Wildman–Crippen MR) is 150 cm³/mol. The smallest absolute Gasteiger partial charge is 0.416 e. The number of nitrogen functional groups attached to an aromatic ring is 1. The van der Waals surface area contributed by atoms with Gasteiger partial charge in [-0.25, -0.2) is 9.97 Å². The number of imidazole rings is 1. The molecule has 1 aliphatic heterocycles. The molecule has 0 aliphatic carbocycles. The number of likely N-dealkylation sites (tertiary alicyclic amines) is 1. The molecule has 4 aromatic rings. The molecule has 0 bridgehead atoms. The van der Waals surface area contributed by atoms with Crippen molar-refractivity contribution in [3.8, 4) is 23.8 Å². The number of carbonyl (C=O) groups is 1. The molecule has 1 amide bonds. The largest absolute Gasteiger partial charge is 0.437 e. The fourth-order valence-corrected chi connectivity index (χ4v) is 5.54. The van der Waals surface area contributed by atoms with Gasteiger partial charge in [-0.3, -0.25) is 9.20 Å². The van der Waals surface area contributed by atoms with E-state index in [1.807, 2.05) is 37.3 Å². The first-order valence-electron chi connectivity index (χ1n) is 13.0. The third-order valence-corrected chi connectivity index (χ3v) is 7.75. The fourth-order valence-electron chi connectivity index (χ4n) is 5.32. The second-order valence-corrected chi connectivity index (χ2v) is 10.4. The van der Waals surface area contributed by atoms with Crippen molar-refractivity contribution in [2.24, 2.45) is 0 Å². The van der Waals surface area contributed by atoms with Crippen LogP contribution in [-0.2, 0) is 15.7 Å². The molecule has 0 radical (unpaired) electrons. The van der Waals surface area contributed by atoms with Crippen LogP contribution in [0.1, 0.15) is 54.1 Å². The van der Waals surface area contributed by atoms with Gasteiger partial charge in [-0.05, 0) is 30.0 Å². The maximum Gasteiger partial charge on any atom is 0.416 e. The number of nitrogens with zero attached hydrogens (tertiary/aromatic N) is 4. The lowest BCUT2D eigenvalue weighted by Crippen LogP contribution is -2.41. The van der Waals surface area contributed by atoms with Gasteiger partial charge in [0.25, 0.3) is 5.91 Å². The van der Waals surface area contributed by atoms with Gasteiger partial charge in [0.05, 0.1) is 11.8 Å². The number of hydrogen-bond acceptors (Lipinski definition) is 5. The number of benzene rings is 2. The third-order valence-electron chi connectivity index (χ3n) is 7.49. The SMILES string of the molecule is C#COCC(=O)N1CCC[C@@H](c2nc(-c3ccc([C@H](C)c4cccc(C(F)(F)F)c4)cc3)c3c(N)ncc(Cl)n23)C1. The number of aromatic nitrogens is 3. The average Bonchev–Trinajstić information content (AvgIpc) is 3.39. The van der Waals surface area contributed by atoms with Crippen LogP contribution in [0.15, 0.2) is 54.7 Å². The van der Waals surface area contributed by atoms with Crippen molar-refractivity contribution >= 4 is 28.8 Å². The van der Waals surface area contributed by atoms with Crippen molar-refractivity contribution in [3.63, 3.8) is 0 Å². The minimum absolute atomic E-state index is 0.126. The number of amides is 1. The van der Waals surface area contributed by atoms with E-state index < -0.39 is 11.7 Å². The molecule has 2 N–H and O–H groups in total. The summed E-state index contributed by atoms with van der Waals surface area (Å²) in [6, 6.07) is 12.8. The van der Waals surface area contributed by atoms with Crippen molar-refractivity contribution in [1.82, 2.24) is 19.3 Å². The summed E-state index contributed by atoms with van der Waals surface area (Å²) in [5.41, 5.74) is 8.91. The van der Waals surface area contributed by atoms with Gasteiger partial charge in [0.2, 0.25) is 0 Å². The summed E-state index contributed by atoms with van der Waals surface area (Å²) in [6.07, 6.45) is 5.74. The predicted octanol–water partition coefficient (Wildman–Crippen LogP) is 6.12. The minimum Gasteiger partial charge on any atom is -0.437 e. The fraction of sp³-hybridized carbons (Fsp3) is 0.300. The first-order chi connectivity index (χ1) is 19.6. The molecular weight excluding hydrogens is 555 g/mol. The van der Waals surface area contributed by atoms with Gasteiger partial charge in [-0.2, -0.15) is 13.2 Å². The van der Waals surface area contributed by atoms with Crippen LogP contribution in [0.2, 0.25) is 5.15 Å². The number of alkyl halides is 3. The Kier molecular flexibility index (Phi) is 7.82.